The molecule has 0 bridgehead atoms. The molecule has 26 heavy (non-hydrogen) atoms. The fourth-order valence-corrected chi connectivity index (χ4v) is 3.88. The van der Waals surface area contributed by atoms with Crippen LogP contribution in [0.1, 0.15) is 56.7 Å². The Labute approximate surface area is 157 Å². The molecule has 138 valence electrons. The molecule has 2 unspecified atom stereocenters. The quantitative estimate of drug-likeness (QED) is 0.456. The smallest absolute Gasteiger partial charge is 0.118 e. The zero-order chi connectivity index (χ0) is 18.4. The summed E-state index contributed by atoms with van der Waals surface area (Å²) in [5.41, 5.74) is 4.02. The Bertz CT molecular complexity index is 769. The van der Waals surface area contributed by atoms with Gasteiger partial charge in [-0.25, -0.2) is 0 Å². The number of rotatable bonds is 9. The highest BCUT2D eigenvalue weighted by atomic mass is 16.5. The van der Waals surface area contributed by atoms with E-state index in [1.807, 2.05) is 0 Å². The number of methoxy groups -OCH3 is 1. The maximum atomic E-state index is 5.29. The van der Waals surface area contributed by atoms with Crippen LogP contribution < -0.4 is 4.74 Å². The van der Waals surface area contributed by atoms with Crippen LogP contribution in [-0.4, -0.2) is 12.1 Å². The van der Waals surface area contributed by atoms with Gasteiger partial charge in [-0.05, 0) is 59.9 Å². The normalized spacial score (nSPS) is 13.7. The number of H-pyrrole nitrogens is 1. The van der Waals surface area contributed by atoms with E-state index in [1.165, 1.54) is 47.8 Å². The maximum absolute atomic E-state index is 5.29. The minimum atomic E-state index is 0.544. The van der Waals surface area contributed by atoms with Gasteiger partial charge < -0.3 is 9.72 Å². The molecule has 0 aliphatic heterocycles. The van der Waals surface area contributed by atoms with Gasteiger partial charge in [0.05, 0.1) is 7.11 Å². The van der Waals surface area contributed by atoms with E-state index in [4.69, 9.17) is 4.74 Å². The molecule has 2 nitrogen and oxygen atoms in total. The molecule has 2 atom stereocenters. The van der Waals surface area contributed by atoms with Crippen molar-refractivity contribution in [1.82, 2.24) is 4.98 Å². The number of hydrogen-bond donors (Lipinski definition) is 1. The molecule has 3 rings (SSSR count). The van der Waals surface area contributed by atoms with Crippen LogP contribution in [0, 0.1) is 5.92 Å². The van der Waals surface area contributed by atoms with Gasteiger partial charge in [0, 0.05) is 11.2 Å². The fraction of sp³-hybridized carbons (Fsp3) is 0.417. The standard InChI is InChI=1S/C24H31NO/c1-4-5-8-20(16-19-11-13-22(26-3)14-12-19)15-18(2)24-17-21-9-6-7-10-23(21)25-24/h6-7,9-14,17-18,20,25H,4-5,8,15-16H2,1-3H3. The minimum absolute atomic E-state index is 0.544. The van der Waals surface area contributed by atoms with Gasteiger partial charge >= 0.3 is 0 Å². The maximum Gasteiger partial charge on any atom is 0.118 e. The van der Waals surface area contributed by atoms with E-state index >= 15 is 0 Å². The lowest BCUT2D eigenvalue weighted by Crippen LogP contribution is -2.09. The summed E-state index contributed by atoms with van der Waals surface area (Å²) >= 11 is 0. The topological polar surface area (TPSA) is 25.0 Å². The highest BCUT2D eigenvalue weighted by Gasteiger charge is 2.17. The zero-order valence-corrected chi connectivity index (χ0v) is 16.3. The van der Waals surface area contributed by atoms with Crippen molar-refractivity contribution < 1.29 is 4.74 Å². The summed E-state index contributed by atoms with van der Waals surface area (Å²) in [4.78, 5) is 3.62. The van der Waals surface area contributed by atoms with Crippen LogP contribution in [0.4, 0.5) is 0 Å². The lowest BCUT2D eigenvalue weighted by Gasteiger charge is -2.21. The van der Waals surface area contributed by atoms with Gasteiger partial charge in [-0.15, -0.1) is 0 Å². The monoisotopic (exact) mass is 349 g/mol. The average Bonchev–Trinajstić information content (AvgIpc) is 3.11. The van der Waals surface area contributed by atoms with E-state index in [9.17, 15) is 0 Å². The number of fused-ring (bicyclic) bond motifs is 1. The van der Waals surface area contributed by atoms with Crippen molar-refractivity contribution in [2.45, 2.75) is 51.9 Å². The summed E-state index contributed by atoms with van der Waals surface area (Å²) in [7, 11) is 1.72. The molecule has 1 N–H and O–H groups in total. The molecule has 0 saturated heterocycles. The highest BCUT2D eigenvalue weighted by molar-refractivity contribution is 5.80. The van der Waals surface area contributed by atoms with Crippen LogP contribution in [-0.2, 0) is 6.42 Å². The number of unbranched alkanes of at least 4 members (excludes halogenated alkanes) is 1. The third-order valence-electron chi connectivity index (χ3n) is 5.42. The first-order valence-corrected chi connectivity index (χ1v) is 9.90. The minimum Gasteiger partial charge on any atom is -0.497 e. The van der Waals surface area contributed by atoms with Crippen LogP contribution in [0.15, 0.2) is 54.6 Å². The SMILES string of the molecule is CCCCC(Cc1ccc(OC)cc1)CC(C)c1cc2ccccc2[nH]1. The lowest BCUT2D eigenvalue weighted by molar-refractivity contribution is 0.399. The number of benzene rings is 2. The van der Waals surface area contributed by atoms with Crippen molar-refractivity contribution in [2.24, 2.45) is 5.92 Å². The third-order valence-corrected chi connectivity index (χ3v) is 5.42. The molecule has 0 amide bonds. The van der Waals surface area contributed by atoms with E-state index in [2.05, 4.69) is 73.4 Å². The molecule has 0 saturated carbocycles. The van der Waals surface area contributed by atoms with Gasteiger partial charge in [-0.3, -0.25) is 0 Å². The second-order valence-corrected chi connectivity index (χ2v) is 7.51. The van der Waals surface area contributed by atoms with E-state index < -0.39 is 0 Å². The predicted molar refractivity (Wildman–Crippen MR) is 111 cm³/mol. The number of aromatic nitrogens is 1. The Morgan fingerprint density at radius 2 is 1.81 bits per heavy atom. The highest BCUT2D eigenvalue weighted by Crippen LogP contribution is 2.30. The van der Waals surface area contributed by atoms with Crippen molar-refractivity contribution in [2.75, 3.05) is 7.11 Å². The summed E-state index contributed by atoms with van der Waals surface area (Å²) in [6.07, 6.45) is 6.24. The molecule has 2 aromatic carbocycles. The van der Waals surface area contributed by atoms with Crippen molar-refractivity contribution in [1.29, 1.82) is 0 Å². The number of para-hydroxylation sites is 1. The van der Waals surface area contributed by atoms with Crippen LogP contribution in [0.25, 0.3) is 10.9 Å². The van der Waals surface area contributed by atoms with E-state index in [-0.39, 0.29) is 0 Å². The summed E-state index contributed by atoms with van der Waals surface area (Å²) < 4.78 is 5.29. The Balaban J connectivity index is 1.69. The van der Waals surface area contributed by atoms with Gasteiger partial charge in [0.25, 0.3) is 0 Å². The number of nitrogens with one attached hydrogen (secondary N) is 1. The van der Waals surface area contributed by atoms with Crippen LogP contribution in [0.2, 0.25) is 0 Å². The van der Waals surface area contributed by atoms with Gasteiger partial charge in [0.1, 0.15) is 5.75 Å². The Hall–Kier alpha value is -2.22. The molecular weight excluding hydrogens is 318 g/mol. The fourth-order valence-electron chi connectivity index (χ4n) is 3.88. The average molecular weight is 350 g/mol. The Morgan fingerprint density at radius 3 is 2.50 bits per heavy atom. The lowest BCUT2D eigenvalue weighted by atomic mass is 9.85. The molecule has 2 heteroatoms. The molecule has 1 aromatic heterocycles. The van der Waals surface area contributed by atoms with Crippen molar-refractivity contribution >= 4 is 10.9 Å². The summed E-state index contributed by atoms with van der Waals surface area (Å²) in [5, 5.41) is 1.31. The van der Waals surface area contributed by atoms with Crippen molar-refractivity contribution in [3.05, 3.63) is 65.9 Å². The molecule has 0 aliphatic carbocycles. The van der Waals surface area contributed by atoms with E-state index in [0.717, 1.165) is 12.2 Å². The summed E-state index contributed by atoms with van der Waals surface area (Å²) in [6.45, 7) is 4.64. The molecule has 3 aromatic rings. The zero-order valence-electron chi connectivity index (χ0n) is 16.3. The van der Waals surface area contributed by atoms with Crippen molar-refractivity contribution in [3.8, 4) is 5.75 Å². The van der Waals surface area contributed by atoms with Gasteiger partial charge in [-0.2, -0.15) is 0 Å². The Kier molecular flexibility index (Phi) is 6.38. The van der Waals surface area contributed by atoms with Gasteiger partial charge in [0.15, 0.2) is 0 Å². The first-order valence-electron chi connectivity index (χ1n) is 9.90. The first kappa shape index (κ1) is 18.6. The number of aromatic amines is 1. The molecular formula is C24H31NO. The molecule has 0 spiro atoms. The second-order valence-electron chi connectivity index (χ2n) is 7.51. The van der Waals surface area contributed by atoms with E-state index in [0.29, 0.717) is 11.8 Å². The van der Waals surface area contributed by atoms with Crippen LogP contribution in [0.3, 0.4) is 0 Å². The largest absolute Gasteiger partial charge is 0.497 e. The van der Waals surface area contributed by atoms with Crippen LogP contribution >= 0.6 is 0 Å². The molecule has 0 radical (unpaired) electrons. The Morgan fingerprint density at radius 1 is 1.04 bits per heavy atom. The van der Waals surface area contributed by atoms with E-state index in [1.54, 1.807) is 7.11 Å². The van der Waals surface area contributed by atoms with Gasteiger partial charge in [-0.1, -0.05) is 63.4 Å². The van der Waals surface area contributed by atoms with Crippen LogP contribution in [0.5, 0.6) is 5.75 Å². The molecule has 0 aliphatic rings. The number of hydrogen-bond acceptors (Lipinski definition) is 1. The molecule has 1 heterocycles. The second kappa shape index (κ2) is 8.93. The summed E-state index contributed by atoms with van der Waals surface area (Å²) in [5.74, 6) is 2.19. The molecule has 0 fully saturated rings. The van der Waals surface area contributed by atoms with Crippen molar-refractivity contribution in [3.63, 3.8) is 0 Å². The van der Waals surface area contributed by atoms with Gasteiger partial charge in [0.2, 0.25) is 0 Å². The summed E-state index contributed by atoms with van der Waals surface area (Å²) in [6, 6.07) is 19.5. The number of ether oxygens (including phenoxy) is 1. The first-order chi connectivity index (χ1) is 12.7. The predicted octanol–water partition coefficient (Wildman–Crippen LogP) is 6.72. The third kappa shape index (κ3) is 4.69.